The summed E-state index contributed by atoms with van der Waals surface area (Å²) >= 11 is 12.6. The maximum atomic E-state index is 13.9. The highest BCUT2D eigenvalue weighted by Crippen LogP contribution is 2.24. The van der Waals surface area contributed by atoms with Crippen molar-refractivity contribution in [1.29, 1.82) is 0 Å². The number of amides is 2. The van der Waals surface area contributed by atoms with Gasteiger partial charge in [0.1, 0.15) is 6.04 Å². The predicted octanol–water partition coefficient (Wildman–Crippen LogP) is 5.95. The molecular formula is C31H37Cl2N3O4S. The van der Waals surface area contributed by atoms with Crippen molar-refractivity contribution in [2.45, 2.75) is 45.7 Å². The first-order valence-corrected chi connectivity index (χ1v) is 16.1. The molecule has 3 aromatic carbocycles. The van der Waals surface area contributed by atoms with E-state index < -0.39 is 16.1 Å². The van der Waals surface area contributed by atoms with Crippen LogP contribution in [0, 0.1) is 5.92 Å². The second-order valence-electron chi connectivity index (χ2n) is 10.4. The molecule has 0 aliphatic carbocycles. The molecule has 0 fully saturated rings. The molecule has 0 saturated carbocycles. The average molecular weight is 619 g/mol. The highest BCUT2D eigenvalue weighted by molar-refractivity contribution is 7.92. The number of rotatable bonds is 14. The van der Waals surface area contributed by atoms with Crippen LogP contribution in [0.25, 0.3) is 0 Å². The highest BCUT2D eigenvalue weighted by Gasteiger charge is 2.31. The van der Waals surface area contributed by atoms with E-state index in [1.54, 1.807) is 35.2 Å². The van der Waals surface area contributed by atoms with Crippen LogP contribution in [0.15, 0.2) is 78.9 Å². The molecule has 220 valence electrons. The fourth-order valence-corrected chi connectivity index (χ4v) is 5.76. The third-order valence-electron chi connectivity index (χ3n) is 6.50. The minimum absolute atomic E-state index is 0.0276. The van der Waals surface area contributed by atoms with Crippen molar-refractivity contribution in [2.24, 2.45) is 5.92 Å². The van der Waals surface area contributed by atoms with Crippen LogP contribution in [0.2, 0.25) is 10.0 Å². The van der Waals surface area contributed by atoms with E-state index in [1.807, 2.05) is 62.4 Å². The Morgan fingerprint density at radius 3 is 2.24 bits per heavy atom. The smallest absolute Gasteiger partial charge is 0.243 e. The van der Waals surface area contributed by atoms with Crippen LogP contribution in [0.3, 0.4) is 0 Å². The molecule has 0 aliphatic heterocycles. The zero-order valence-corrected chi connectivity index (χ0v) is 25.9. The fourth-order valence-electron chi connectivity index (χ4n) is 4.42. The van der Waals surface area contributed by atoms with Gasteiger partial charge in [-0.1, -0.05) is 91.6 Å². The highest BCUT2D eigenvalue weighted by atomic mass is 35.5. The average Bonchev–Trinajstić information content (AvgIpc) is 2.92. The minimum atomic E-state index is -3.62. The van der Waals surface area contributed by atoms with Crippen LogP contribution in [-0.2, 0) is 32.6 Å². The van der Waals surface area contributed by atoms with E-state index in [2.05, 4.69) is 5.32 Å². The molecule has 1 atom stereocenters. The number of nitrogens with zero attached hydrogens (tertiary/aromatic N) is 2. The Hall–Kier alpha value is -3.07. The first-order valence-electron chi connectivity index (χ1n) is 13.5. The van der Waals surface area contributed by atoms with Gasteiger partial charge in [-0.05, 0) is 47.7 Å². The summed E-state index contributed by atoms with van der Waals surface area (Å²) in [7, 11) is -3.62. The first-order chi connectivity index (χ1) is 19.5. The minimum Gasteiger partial charge on any atom is -0.354 e. The van der Waals surface area contributed by atoms with E-state index in [0.717, 1.165) is 11.8 Å². The molecule has 2 amide bonds. The zero-order chi connectivity index (χ0) is 30.0. The Morgan fingerprint density at radius 1 is 0.927 bits per heavy atom. The fraction of sp³-hybridized carbons (Fsp3) is 0.355. The summed E-state index contributed by atoms with van der Waals surface area (Å²) in [5.41, 5.74) is 2.06. The molecule has 10 heteroatoms. The third-order valence-corrected chi connectivity index (χ3v) is 8.30. The Morgan fingerprint density at radius 2 is 1.61 bits per heavy atom. The molecule has 0 saturated heterocycles. The molecule has 0 bridgehead atoms. The van der Waals surface area contributed by atoms with E-state index in [0.29, 0.717) is 34.3 Å². The maximum absolute atomic E-state index is 13.9. The van der Waals surface area contributed by atoms with Gasteiger partial charge in [-0.25, -0.2) is 8.42 Å². The van der Waals surface area contributed by atoms with Crippen molar-refractivity contribution in [1.82, 2.24) is 10.2 Å². The van der Waals surface area contributed by atoms with Gasteiger partial charge < -0.3 is 10.2 Å². The molecule has 0 aromatic heterocycles. The van der Waals surface area contributed by atoms with Gasteiger partial charge in [-0.15, -0.1) is 0 Å². The number of sulfonamides is 1. The molecule has 1 N–H and O–H groups in total. The summed E-state index contributed by atoms with van der Waals surface area (Å²) in [6, 6.07) is 22.6. The number of hydrogen-bond acceptors (Lipinski definition) is 4. The number of halogens is 2. The summed E-state index contributed by atoms with van der Waals surface area (Å²) in [6.45, 7) is 4.70. The SMILES string of the molecule is CC(C)CNC(=O)[C@@H](Cc1ccccc1)N(Cc1ccccc1Cl)C(=O)CCCN(c1cccc(Cl)c1)S(C)(=O)=O. The molecule has 3 aromatic rings. The number of hydrogen-bond donors (Lipinski definition) is 1. The maximum Gasteiger partial charge on any atom is 0.243 e. The zero-order valence-electron chi connectivity index (χ0n) is 23.6. The van der Waals surface area contributed by atoms with Crippen molar-refractivity contribution in [2.75, 3.05) is 23.7 Å². The van der Waals surface area contributed by atoms with Crippen LogP contribution < -0.4 is 9.62 Å². The molecule has 0 heterocycles. The normalized spacial score (nSPS) is 12.1. The lowest BCUT2D eigenvalue weighted by Crippen LogP contribution is -2.51. The Bertz CT molecular complexity index is 1420. The second kappa shape index (κ2) is 15.2. The lowest BCUT2D eigenvalue weighted by molar-refractivity contribution is -0.141. The van der Waals surface area contributed by atoms with E-state index in [-0.39, 0.29) is 43.7 Å². The van der Waals surface area contributed by atoms with Crippen molar-refractivity contribution >= 4 is 50.7 Å². The number of carbonyl (C=O) groups excluding carboxylic acids is 2. The summed E-state index contributed by atoms with van der Waals surface area (Å²) in [5.74, 6) is -0.290. The van der Waals surface area contributed by atoms with Gasteiger partial charge in [-0.2, -0.15) is 0 Å². The van der Waals surface area contributed by atoms with E-state index in [4.69, 9.17) is 23.2 Å². The molecule has 0 unspecified atom stereocenters. The van der Waals surface area contributed by atoms with Crippen LogP contribution in [0.4, 0.5) is 5.69 Å². The van der Waals surface area contributed by atoms with Gasteiger partial charge >= 0.3 is 0 Å². The Kier molecular flexibility index (Phi) is 12.1. The van der Waals surface area contributed by atoms with Gasteiger partial charge in [0.2, 0.25) is 21.8 Å². The van der Waals surface area contributed by atoms with Crippen molar-refractivity contribution in [3.63, 3.8) is 0 Å². The third kappa shape index (κ3) is 10.1. The molecule has 3 rings (SSSR count). The summed E-state index contributed by atoms with van der Waals surface area (Å²) < 4.78 is 26.4. The molecule has 0 aliphatic rings. The summed E-state index contributed by atoms with van der Waals surface area (Å²) in [6.07, 6.45) is 1.70. The van der Waals surface area contributed by atoms with Gasteiger partial charge in [0.15, 0.2) is 0 Å². The van der Waals surface area contributed by atoms with E-state index >= 15 is 0 Å². The van der Waals surface area contributed by atoms with E-state index in [9.17, 15) is 18.0 Å². The second-order valence-corrected chi connectivity index (χ2v) is 13.1. The number of carbonyl (C=O) groups is 2. The topological polar surface area (TPSA) is 86.8 Å². The lowest BCUT2D eigenvalue weighted by atomic mass is 10.0. The summed E-state index contributed by atoms with van der Waals surface area (Å²) in [4.78, 5) is 29.0. The summed E-state index contributed by atoms with van der Waals surface area (Å²) in [5, 5.41) is 3.90. The molecule has 0 spiro atoms. The van der Waals surface area contributed by atoms with Crippen molar-refractivity contribution in [3.05, 3.63) is 100 Å². The number of anilines is 1. The van der Waals surface area contributed by atoms with Gasteiger partial charge in [0.05, 0.1) is 11.9 Å². The largest absolute Gasteiger partial charge is 0.354 e. The van der Waals surface area contributed by atoms with Crippen LogP contribution in [-0.4, -0.2) is 50.5 Å². The van der Waals surface area contributed by atoms with Crippen LogP contribution in [0.1, 0.15) is 37.8 Å². The monoisotopic (exact) mass is 617 g/mol. The van der Waals surface area contributed by atoms with Crippen LogP contribution in [0.5, 0.6) is 0 Å². The van der Waals surface area contributed by atoms with E-state index in [1.165, 1.54) is 4.31 Å². The lowest BCUT2D eigenvalue weighted by Gasteiger charge is -2.32. The van der Waals surface area contributed by atoms with Crippen LogP contribution >= 0.6 is 23.2 Å². The van der Waals surface area contributed by atoms with Gasteiger partial charge in [-0.3, -0.25) is 13.9 Å². The number of nitrogens with one attached hydrogen (secondary N) is 1. The molecule has 0 radical (unpaired) electrons. The standard InChI is InChI=1S/C31H37Cl2N3O4S/c1-23(2)21-34-31(38)29(19-24-11-5-4-6-12-24)35(22-25-13-7-8-16-28(25)33)30(37)17-10-18-36(41(3,39)40)27-15-9-14-26(32)20-27/h4-9,11-16,20,23,29H,10,17-19,21-22H2,1-3H3,(H,34,38)/t29-/m1/s1. The Labute approximate surface area is 253 Å². The quantitative estimate of drug-likeness (QED) is 0.242. The first kappa shape index (κ1) is 32.4. The molecular weight excluding hydrogens is 581 g/mol. The predicted molar refractivity (Wildman–Crippen MR) is 167 cm³/mol. The van der Waals surface area contributed by atoms with Gasteiger partial charge in [0, 0.05) is 42.5 Å². The molecule has 7 nitrogen and oxygen atoms in total. The van der Waals surface area contributed by atoms with Gasteiger partial charge in [0.25, 0.3) is 0 Å². The Balaban J connectivity index is 1.89. The van der Waals surface area contributed by atoms with Crippen molar-refractivity contribution in [3.8, 4) is 0 Å². The van der Waals surface area contributed by atoms with Crippen molar-refractivity contribution < 1.29 is 18.0 Å². The molecule has 41 heavy (non-hydrogen) atoms. The number of benzene rings is 3.